The zero-order chi connectivity index (χ0) is 13.9. The SMILES string of the molecule is FC(F)(F)Sc1ccc(Oc2ccc(I)cc2)cc1. The molecule has 0 aliphatic rings. The maximum atomic E-state index is 12.2. The van der Waals surface area contributed by atoms with Crippen LogP contribution in [0.4, 0.5) is 13.2 Å². The number of halogens is 4. The number of thioether (sulfide) groups is 1. The first-order valence-corrected chi connectivity index (χ1v) is 7.11. The van der Waals surface area contributed by atoms with Crippen molar-refractivity contribution in [3.05, 3.63) is 52.1 Å². The van der Waals surface area contributed by atoms with E-state index in [4.69, 9.17) is 4.74 Å². The molecular formula is C13H8F3IOS. The summed E-state index contributed by atoms with van der Waals surface area (Å²) in [5, 5.41) is 0. The molecule has 0 amide bonds. The smallest absolute Gasteiger partial charge is 0.446 e. The molecule has 0 bridgehead atoms. The van der Waals surface area contributed by atoms with E-state index in [1.807, 2.05) is 12.1 Å². The molecule has 0 saturated heterocycles. The topological polar surface area (TPSA) is 9.23 Å². The van der Waals surface area contributed by atoms with E-state index in [2.05, 4.69) is 22.6 Å². The largest absolute Gasteiger partial charge is 0.457 e. The van der Waals surface area contributed by atoms with Gasteiger partial charge in [0.15, 0.2) is 0 Å². The Morgan fingerprint density at radius 2 is 1.32 bits per heavy atom. The molecular weight excluding hydrogens is 388 g/mol. The molecule has 2 rings (SSSR count). The Balaban J connectivity index is 2.04. The van der Waals surface area contributed by atoms with Gasteiger partial charge in [0.25, 0.3) is 0 Å². The molecule has 0 radical (unpaired) electrons. The first-order valence-electron chi connectivity index (χ1n) is 5.22. The normalized spacial score (nSPS) is 11.4. The molecule has 2 aromatic carbocycles. The molecule has 0 unspecified atom stereocenters. The lowest BCUT2D eigenvalue weighted by molar-refractivity contribution is -0.0328. The molecule has 0 aliphatic carbocycles. The maximum Gasteiger partial charge on any atom is 0.446 e. The van der Waals surface area contributed by atoms with Gasteiger partial charge in [-0.3, -0.25) is 0 Å². The van der Waals surface area contributed by atoms with Crippen molar-refractivity contribution < 1.29 is 17.9 Å². The van der Waals surface area contributed by atoms with Crippen LogP contribution in [0.3, 0.4) is 0 Å². The first kappa shape index (κ1) is 14.5. The monoisotopic (exact) mass is 396 g/mol. The van der Waals surface area contributed by atoms with Crippen LogP contribution in [-0.2, 0) is 0 Å². The van der Waals surface area contributed by atoms with Crippen LogP contribution in [0.2, 0.25) is 0 Å². The molecule has 6 heteroatoms. The average molecular weight is 396 g/mol. The minimum Gasteiger partial charge on any atom is -0.457 e. The maximum absolute atomic E-state index is 12.2. The molecule has 0 N–H and O–H groups in total. The quantitative estimate of drug-likeness (QED) is 0.487. The Bertz CT molecular complexity index is 537. The second-order valence-corrected chi connectivity index (χ2v) is 5.96. The molecule has 0 aromatic heterocycles. The standard InChI is InChI=1S/C13H8F3IOS/c14-13(15,16)19-12-7-5-11(6-8-12)18-10-3-1-9(17)2-4-10/h1-8H. The van der Waals surface area contributed by atoms with Gasteiger partial charge in [0.05, 0.1) is 0 Å². The highest BCUT2D eigenvalue weighted by Crippen LogP contribution is 2.37. The predicted molar refractivity (Wildman–Crippen MR) is 77.6 cm³/mol. The highest BCUT2D eigenvalue weighted by Gasteiger charge is 2.29. The van der Waals surface area contributed by atoms with Crippen LogP contribution in [0.5, 0.6) is 11.5 Å². The van der Waals surface area contributed by atoms with Crippen molar-refractivity contribution in [2.75, 3.05) is 0 Å². The second kappa shape index (κ2) is 6.04. The van der Waals surface area contributed by atoms with Crippen molar-refractivity contribution in [1.82, 2.24) is 0 Å². The average Bonchev–Trinajstić information content (AvgIpc) is 2.33. The highest BCUT2D eigenvalue weighted by atomic mass is 127. The summed E-state index contributed by atoms with van der Waals surface area (Å²) in [5.74, 6) is 1.16. The van der Waals surface area contributed by atoms with E-state index in [1.54, 1.807) is 12.1 Å². The number of hydrogen-bond acceptors (Lipinski definition) is 2. The second-order valence-electron chi connectivity index (χ2n) is 3.58. The number of hydrogen-bond donors (Lipinski definition) is 0. The fourth-order valence-corrected chi connectivity index (χ4v) is 2.25. The van der Waals surface area contributed by atoms with E-state index in [0.717, 1.165) is 3.57 Å². The molecule has 0 heterocycles. The minimum atomic E-state index is -4.27. The number of benzene rings is 2. The van der Waals surface area contributed by atoms with Crippen LogP contribution in [-0.4, -0.2) is 5.51 Å². The van der Waals surface area contributed by atoms with Crippen LogP contribution in [0.25, 0.3) is 0 Å². The highest BCUT2D eigenvalue weighted by molar-refractivity contribution is 14.1. The van der Waals surface area contributed by atoms with Gasteiger partial charge < -0.3 is 4.74 Å². The summed E-state index contributed by atoms with van der Waals surface area (Å²) in [6.07, 6.45) is 0. The van der Waals surface area contributed by atoms with E-state index in [-0.39, 0.29) is 16.7 Å². The van der Waals surface area contributed by atoms with Crippen LogP contribution < -0.4 is 4.74 Å². The van der Waals surface area contributed by atoms with Crippen molar-refractivity contribution in [2.45, 2.75) is 10.4 Å². The number of alkyl halides is 3. The van der Waals surface area contributed by atoms with Gasteiger partial charge >= 0.3 is 5.51 Å². The van der Waals surface area contributed by atoms with E-state index >= 15 is 0 Å². The molecule has 1 nitrogen and oxygen atoms in total. The molecule has 2 aromatic rings. The van der Waals surface area contributed by atoms with Crippen molar-refractivity contribution in [1.29, 1.82) is 0 Å². The van der Waals surface area contributed by atoms with Gasteiger partial charge in [0, 0.05) is 8.47 Å². The third kappa shape index (κ3) is 4.94. The van der Waals surface area contributed by atoms with E-state index in [1.165, 1.54) is 24.3 Å². The third-order valence-electron chi connectivity index (χ3n) is 2.11. The predicted octanol–water partition coefficient (Wildman–Crippen LogP) is 5.70. The van der Waals surface area contributed by atoms with Gasteiger partial charge in [-0.1, -0.05) is 0 Å². The minimum absolute atomic E-state index is 0.139. The number of rotatable bonds is 3. The van der Waals surface area contributed by atoms with Crippen molar-refractivity contribution in [3.63, 3.8) is 0 Å². The van der Waals surface area contributed by atoms with Gasteiger partial charge in [-0.25, -0.2) is 0 Å². The lowest BCUT2D eigenvalue weighted by atomic mass is 10.3. The van der Waals surface area contributed by atoms with Crippen LogP contribution in [0.1, 0.15) is 0 Å². The summed E-state index contributed by atoms with van der Waals surface area (Å²) < 4.78 is 43.1. The van der Waals surface area contributed by atoms with Gasteiger partial charge in [0.2, 0.25) is 0 Å². The van der Waals surface area contributed by atoms with Crippen molar-refractivity contribution in [2.24, 2.45) is 0 Å². The summed E-state index contributed by atoms with van der Waals surface area (Å²) in [6.45, 7) is 0. The Morgan fingerprint density at radius 3 is 1.79 bits per heavy atom. The summed E-state index contributed by atoms with van der Waals surface area (Å²) in [6, 6.07) is 13.2. The van der Waals surface area contributed by atoms with Crippen molar-refractivity contribution in [3.8, 4) is 11.5 Å². The fourth-order valence-electron chi connectivity index (χ4n) is 1.35. The van der Waals surface area contributed by atoms with Crippen LogP contribution in [0, 0.1) is 3.57 Å². The molecule has 0 saturated carbocycles. The lowest BCUT2D eigenvalue weighted by Gasteiger charge is -2.08. The van der Waals surface area contributed by atoms with Gasteiger partial charge in [0.1, 0.15) is 11.5 Å². The molecule has 0 atom stereocenters. The molecule has 19 heavy (non-hydrogen) atoms. The zero-order valence-electron chi connectivity index (χ0n) is 9.45. The van der Waals surface area contributed by atoms with Crippen molar-refractivity contribution >= 4 is 34.4 Å². The van der Waals surface area contributed by atoms with Gasteiger partial charge in [-0.2, -0.15) is 13.2 Å². The van der Waals surface area contributed by atoms with Crippen LogP contribution in [0.15, 0.2) is 53.4 Å². The Hall–Kier alpha value is -0.890. The first-order chi connectivity index (χ1) is 8.92. The molecule has 0 spiro atoms. The fraction of sp³-hybridized carbons (Fsp3) is 0.0769. The van der Waals surface area contributed by atoms with E-state index in [0.29, 0.717) is 11.5 Å². The summed E-state index contributed by atoms with van der Waals surface area (Å²) in [4.78, 5) is 0.141. The summed E-state index contributed by atoms with van der Waals surface area (Å²) >= 11 is 2.04. The third-order valence-corrected chi connectivity index (χ3v) is 3.57. The van der Waals surface area contributed by atoms with Gasteiger partial charge in [-0.15, -0.1) is 0 Å². The Morgan fingerprint density at radius 1 is 0.842 bits per heavy atom. The lowest BCUT2D eigenvalue weighted by Crippen LogP contribution is -1.98. The Kier molecular flexibility index (Phi) is 4.62. The summed E-state index contributed by atoms with van der Waals surface area (Å²) in [7, 11) is 0. The Labute approximate surface area is 126 Å². The summed E-state index contributed by atoms with van der Waals surface area (Å²) in [5.41, 5.74) is -4.27. The van der Waals surface area contributed by atoms with E-state index < -0.39 is 5.51 Å². The van der Waals surface area contributed by atoms with Gasteiger partial charge in [-0.05, 0) is 82.9 Å². The molecule has 0 fully saturated rings. The van der Waals surface area contributed by atoms with Crippen LogP contribution >= 0.6 is 34.4 Å². The molecule has 0 aliphatic heterocycles. The zero-order valence-corrected chi connectivity index (χ0v) is 12.4. The molecule has 100 valence electrons. The number of ether oxygens (including phenoxy) is 1. The van der Waals surface area contributed by atoms with E-state index in [9.17, 15) is 13.2 Å².